The molecule has 1 aliphatic rings. The van der Waals surface area contributed by atoms with Gasteiger partial charge in [-0.3, -0.25) is 14.4 Å². The number of halogens is 3. The van der Waals surface area contributed by atoms with Crippen molar-refractivity contribution in [1.29, 1.82) is 0 Å². The zero-order valence-electron chi connectivity index (χ0n) is 11.9. The molecule has 0 aromatic carbocycles. The fourth-order valence-electron chi connectivity index (χ4n) is 2.53. The summed E-state index contributed by atoms with van der Waals surface area (Å²) in [4.78, 5) is 12.6. The number of aliphatic carboxylic acids is 1. The van der Waals surface area contributed by atoms with E-state index >= 15 is 0 Å². The van der Waals surface area contributed by atoms with E-state index in [2.05, 4.69) is 5.10 Å². The molecule has 1 atom stereocenters. The number of hydrogen-bond donors (Lipinski definition) is 1. The second-order valence-corrected chi connectivity index (χ2v) is 5.73. The van der Waals surface area contributed by atoms with Gasteiger partial charge >= 0.3 is 12.1 Å². The molecule has 2 heterocycles. The Balaban J connectivity index is 2.09. The molecule has 0 spiro atoms. The summed E-state index contributed by atoms with van der Waals surface area (Å²) in [5.74, 6) is -1.80. The summed E-state index contributed by atoms with van der Waals surface area (Å²) in [5.41, 5.74) is -2.01. The van der Waals surface area contributed by atoms with Gasteiger partial charge in [-0.1, -0.05) is 0 Å². The van der Waals surface area contributed by atoms with Gasteiger partial charge in [0.1, 0.15) is 0 Å². The predicted octanol–water partition coefficient (Wildman–Crippen LogP) is 2.30. The maximum atomic E-state index is 13.1. The number of carboxylic acid groups (broad SMARTS) is 1. The van der Waals surface area contributed by atoms with Crippen molar-refractivity contribution in [3.05, 3.63) is 18.0 Å². The number of aromatic nitrogens is 2. The maximum absolute atomic E-state index is 13.1. The van der Waals surface area contributed by atoms with Crippen LogP contribution in [0.2, 0.25) is 0 Å². The third-order valence-corrected chi connectivity index (χ3v) is 3.88. The van der Waals surface area contributed by atoms with Gasteiger partial charge in [0.05, 0.1) is 5.69 Å². The summed E-state index contributed by atoms with van der Waals surface area (Å²) in [6, 6.07) is 1.92. The lowest BCUT2D eigenvalue weighted by Crippen LogP contribution is -2.47. The molecule has 21 heavy (non-hydrogen) atoms. The van der Waals surface area contributed by atoms with E-state index in [9.17, 15) is 18.0 Å². The molecule has 0 bridgehead atoms. The number of rotatable bonds is 4. The third-order valence-electron chi connectivity index (χ3n) is 3.88. The first-order valence-electron chi connectivity index (χ1n) is 6.72. The summed E-state index contributed by atoms with van der Waals surface area (Å²) in [6.45, 7) is 3.70. The summed E-state index contributed by atoms with van der Waals surface area (Å²) in [7, 11) is 0. The van der Waals surface area contributed by atoms with E-state index < -0.39 is 30.5 Å². The van der Waals surface area contributed by atoms with Gasteiger partial charge in [-0.15, -0.1) is 0 Å². The molecule has 0 radical (unpaired) electrons. The average Bonchev–Trinajstić information content (AvgIpc) is 2.95. The normalized spacial score (nSPS) is 23.9. The van der Waals surface area contributed by atoms with E-state index in [0.29, 0.717) is 5.69 Å². The molecule has 118 valence electrons. The van der Waals surface area contributed by atoms with Crippen molar-refractivity contribution in [1.82, 2.24) is 14.7 Å². The van der Waals surface area contributed by atoms with E-state index in [0.717, 1.165) is 0 Å². The van der Waals surface area contributed by atoms with Crippen LogP contribution in [-0.2, 0) is 11.3 Å². The number of nitrogens with zero attached hydrogens (tertiary/aromatic N) is 3. The number of hydrogen-bond acceptors (Lipinski definition) is 3. The molecular formula is C13H18F3N3O2. The number of carboxylic acids is 1. The molecule has 1 saturated heterocycles. The van der Waals surface area contributed by atoms with E-state index in [1.807, 2.05) is 13.8 Å². The van der Waals surface area contributed by atoms with E-state index in [1.165, 1.54) is 4.90 Å². The highest BCUT2D eigenvalue weighted by Gasteiger charge is 2.63. The first-order valence-corrected chi connectivity index (χ1v) is 6.72. The number of carbonyl (C=O) groups is 1. The van der Waals surface area contributed by atoms with Crippen LogP contribution in [0.4, 0.5) is 13.2 Å². The average molecular weight is 305 g/mol. The zero-order valence-corrected chi connectivity index (χ0v) is 11.9. The number of alkyl halides is 3. The first-order chi connectivity index (χ1) is 9.65. The molecule has 0 aliphatic carbocycles. The molecule has 1 aliphatic heterocycles. The van der Waals surface area contributed by atoms with Gasteiger partial charge in [0, 0.05) is 31.9 Å². The molecule has 0 amide bonds. The van der Waals surface area contributed by atoms with Gasteiger partial charge in [0.15, 0.2) is 5.41 Å². The van der Waals surface area contributed by atoms with Crippen molar-refractivity contribution >= 4 is 5.97 Å². The molecule has 0 saturated carbocycles. The fraction of sp³-hybridized carbons (Fsp3) is 0.692. The smallest absolute Gasteiger partial charge is 0.406 e. The summed E-state index contributed by atoms with van der Waals surface area (Å²) >= 11 is 0. The first kappa shape index (κ1) is 15.8. The highest BCUT2D eigenvalue weighted by molar-refractivity contribution is 5.76. The van der Waals surface area contributed by atoms with Crippen molar-refractivity contribution in [2.75, 3.05) is 13.1 Å². The van der Waals surface area contributed by atoms with E-state index in [-0.39, 0.29) is 19.1 Å². The SMILES string of the molecule is CC(C)n1ccc(CN2CCC(C(=O)O)(C(F)(F)F)C2)n1. The molecule has 1 aromatic heterocycles. The van der Waals surface area contributed by atoms with Crippen LogP contribution in [0.1, 0.15) is 32.0 Å². The van der Waals surface area contributed by atoms with Crippen LogP contribution < -0.4 is 0 Å². The van der Waals surface area contributed by atoms with Gasteiger partial charge in [-0.05, 0) is 26.3 Å². The van der Waals surface area contributed by atoms with Gasteiger partial charge < -0.3 is 5.11 Å². The molecular weight excluding hydrogens is 287 g/mol. The Hall–Kier alpha value is -1.57. The van der Waals surface area contributed by atoms with Crippen LogP contribution in [-0.4, -0.2) is 45.0 Å². The largest absolute Gasteiger partial charge is 0.481 e. The highest BCUT2D eigenvalue weighted by Crippen LogP contribution is 2.45. The Morgan fingerprint density at radius 3 is 2.62 bits per heavy atom. The molecule has 8 heteroatoms. The molecule has 2 rings (SSSR count). The van der Waals surface area contributed by atoms with Crippen LogP contribution in [0, 0.1) is 5.41 Å². The topological polar surface area (TPSA) is 58.4 Å². The summed E-state index contributed by atoms with van der Waals surface area (Å²) < 4.78 is 40.9. The van der Waals surface area contributed by atoms with Crippen molar-refractivity contribution < 1.29 is 23.1 Å². The quantitative estimate of drug-likeness (QED) is 0.927. The second-order valence-electron chi connectivity index (χ2n) is 5.73. The Bertz CT molecular complexity index is 527. The molecule has 1 fully saturated rings. The zero-order chi connectivity index (χ0) is 15.8. The number of likely N-dealkylation sites (tertiary alicyclic amines) is 1. The van der Waals surface area contributed by atoms with Crippen LogP contribution >= 0.6 is 0 Å². The minimum Gasteiger partial charge on any atom is -0.481 e. The van der Waals surface area contributed by atoms with Crippen molar-refractivity contribution in [3.8, 4) is 0 Å². The minimum absolute atomic E-state index is 0.0976. The molecule has 1 unspecified atom stereocenters. The maximum Gasteiger partial charge on any atom is 0.406 e. The summed E-state index contributed by atoms with van der Waals surface area (Å²) in [6.07, 6.45) is -3.40. The van der Waals surface area contributed by atoms with Crippen LogP contribution in [0.15, 0.2) is 12.3 Å². The molecule has 5 nitrogen and oxygen atoms in total. The Morgan fingerprint density at radius 1 is 1.52 bits per heavy atom. The standard InChI is InChI=1S/C13H18F3N3O2/c1-9(2)19-5-3-10(17-19)7-18-6-4-12(8-18,11(20)21)13(14,15)16/h3,5,9H,4,6-8H2,1-2H3,(H,20,21). The minimum atomic E-state index is -4.75. The predicted molar refractivity (Wildman–Crippen MR) is 68.6 cm³/mol. The van der Waals surface area contributed by atoms with Gasteiger partial charge in [0.25, 0.3) is 0 Å². The Labute approximate surface area is 120 Å². The van der Waals surface area contributed by atoms with Gasteiger partial charge in [0.2, 0.25) is 0 Å². The lowest BCUT2D eigenvalue weighted by molar-refractivity contribution is -0.227. The second kappa shape index (κ2) is 5.32. The Kier molecular flexibility index (Phi) is 4.01. The summed E-state index contributed by atoms with van der Waals surface area (Å²) in [5, 5.41) is 13.3. The molecule has 1 aromatic rings. The van der Waals surface area contributed by atoms with Gasteiger partial charge in [-0.25, -0.2) is 0 Å². The van der Waals surface area contributed by atoms with Crippen LogP contribution in [0.25, 0.3) is 0 Å². The van der Waals surface area contributed by atoms with Crippen LogP contribution in [0.5, 0.6) is 0 Å². The van der Waals surface area contributed by atoms with Crippen molar-refractivity contribution in [3.63, 3.8) is 0 Å². The van der Waals surface area contributed by atoms with Gasteiger partial charge in [-0.2, -0.15) is 18.3 Å². The molecule has 1 N–H and O–H groups in total. The Morgan fingerprint density at radius 2 is 2.19 bits per heavy atom. The van der Waals surface area contributed by atoms with Crippen molar-refractivity contribution in [2.45, 2.75) is 39.0 Å². The third kappa shape index (κ3) is 2.90. The van der Waals surface area contributed by atoms with Crippen molar-refractivity contribution in [2.24, 2.45) is 5.41 Å². The van der Waals surface area contributed by atoms with E-state index in [4.69, 9.17) is 5.11 Å². The fourth-order valence-corrected chi connectivity index (χ4v) is 2.53. The monoisotopic (exact) mass is 305 g/mol. The highest BCUT2D eigenvalue weighted by atomic mass is 19.4. The lowest BCUT2D eigenvalue weighted by Gasteiger charge is -2.27. The van der Waals surface area contributed by atoms with Crippen LogP contribution in [0.3, 0.4) is 0 Å². The lowest BCUT2D eigenvalue weighted by atomic mass is 9.86. The van der Waals surface area contributed by atoms with E-state index in [1.54, 1.807) is 16.9 Å².